The van der Waals surface area contributed by atoms with E-state index in [0.717, 1.165) is 12.8 Å². The zero-order chi connectivity index (χ0) is 24.4. The summed E-state index contributed by atoms with van der Waals surface area (Å²) in [6, 6.07) is 21.4. The largest absolute Gasteiger partial charge is 0.461 e. The maximum atomic E-state index is 13.5. The molecule has 5 rings (SSSR count). The smallest absolute Gasteiger partial charge is 0.312 e. The Labute approximate surface area is 205 Å². The van der Waals surface area contributed by atoms with Gasteiger partial charge in [0.15, 0.2) is 0 Å². The van der Waals surface area contributed by atoms with Crippen molar-refractivity contribution < 1.29 is 14.0 Å². The zero-order valence-corrected chi connectivity index (χ0v) is 22.4. The van der Waals surface area contributed by atoms with Gasteiger partial charge in [0.25, 0.3) is 8.32 Å². The molecule has 1 heterocycles. The number of allylic oxidation sites excluding steroid dienone is 1. The van der Waals surface area contributed by atoms with Gasteiger partial charge in [-0.1, -0.05) is 114 Å². The summed E-state index contributed by atoms with van der Waals surface area (Å²) in [6.07, 6.45) is 6.22. The fraction of sp³-hybridized carbons (Fsp3) is 0.500. The molecule has 0 radical (unpaired) electrons. The van der Waals surface area contributed by atoms with Crippen LogP contribution in [0.3, 0.4) is 0 Å². The van der Waals surface area contributed by atoms with Gasteiger partial charge in [0.05, 0.1) is 12.0 Å². The molecular formula is C30H38O3Si. The van der Waals surface area contributed by atoms with Crippen molar-refractivity contribution >= 4 is 24.7 Å². The SMILES string of the molecule is CC1(C)CC[C@@H]2OC(=O)[C@@H]3[C@@H](O[Si](c4ccccc4)(c4ccccc4)C(C)(C)C)C=C[C@@H]1[C@]23C. The molecule has 34 heavy (non-hydrogen) atoms. The van der Waals surface area contributed by atoms with Gasteiger partial charge in [-0.2, -0.15) is 0 Å². The molecule has 2 aromatic carbocycles. The summed E-state index contributed by atoms with van der Waals surface area (Å²) in [5, 5.41) is 2.33. The van der Waals surface area contributed by atoms with Crippen LogP contribution in [0.4, 0.5) is 0 Å². The first kappa shape index (κ1) is 23.6. The first-order chi connectivity index (χ1) is 16.0. The Kier molecular flexibility index (Phi) is 5.49. The van der Waals surface area contributed by atoms with E-state index in [1.807, 2.05) is 0 Å². The second-order valence-corrected chi connectivity index (χ2v) is 16.7. The highest BCUT2D eigenvalue weighted by Crippen LogP contribution is 2.62. The molecule has 0 spiro atoms. The van der Waals surface area contributed by atoms with Crippen molar-refractivity contribution in [2.24, 2.45) is 22.7 Å². The van der Waals surface area contributed by atoms with Gasteiger partial charge in [-0.25, -0.2) is 0 Å². The van der Waals surface area contributed by atoms with Crippen LogP contribution >= 0.6 is 0 Å². The fourth-order valence-electron chi connectivity index (χ4n) is 7.35. The van der Waals surface area contributed by atoms with Crippen molar-refractivity contribution in [3.8, 4) is 0 Å². The Hall–Kier alpha value is -2.17. The number of esters is 1. The summed E-state index contributed by atoms with van der Waals surface area (Å²) in [7, 11) is -2.79. The van der Waals surface area contributed by atoms with Crippen LogP contribution in [0.25, 0.3) is 0 Å². The minimum Gasteiger partial charge on any atom is -0.461 e. The van der Waals surface area contributed by atoms with Gasteiger partial charge in [-0.3, -0.25) is 4.79 Å². The molecule has 1 saturated carbocycles. The van der Waals surface area contributed by atoms with E-state index in [9.17, 15) is 4.79 Å². The second-order valence-electron chi connectivity index (χ2n) is 12.4. The number of ether oxygens (including phenoxy) is 1. The van der Waals surface area contributed by atoms with Crippen molar-refractivity contribution in [1.29, 1.82) is 0 Å². The maximum absolute atomic E-state index is 13.5. The predicted octanol–water partition coefficient (Wildman–Crippen LogP) is 5.49. The summed E-state index contributed by atoms with van der Waals surface area (Å²) in [5.74, 6) is -0.0644. The van der Waals surface area contributed by atoms with Crippen LogP contribution in [0, 0.1) is 22.7 Å². The third kappa shape index (κ3) is 3.29. The van der Waals surface area contributed by atoms with Crippen molar-refractivity contribution in [1.82, 2.24) is 0 Å². The van der Waals surface area contributed by atoms with E-state index in [0.29, 0.717) is 5.92 Å². The van der Waals surface area contributed by atoms with E-state index in [4.69, 9.17) is 9.16 Å². The number of hydrogen-bond acceptors (Lipinski definition) is 3. The van der Waals surface area contributed by atoms with E-state index >= 15 is 0 Å². The average Bonchev–Trinajstić information content (AvgIpc) is 3.06. The lowest BCUT2D eigenvalue weighted by Gasteiger charge is -2.55. The molecule has 1 saturated heterocycles. The quantitative estimate of drug-likeness (QED) is 0.334. The van der Waals surface area contributed by atoms with Crippen LogP contribution in [-0.4, -0.2) is 26.5 Å². The zero-order valence-electron chi connectivity index (χ0n) is 21.4. The topological polar surface area (TPSA) is 35.5 Å². The van der Waals surface area contributed by atoms with Crippen molar-refractivity contribution in [3.63, 3.8) is 0 Å². The third-order valence-electron chi connectivity index (χ3n) is 8.99. The molecule has 180 valence electrons. The van der Waals surface area contributed by atoms with Crippen molar-refractivity contribution in [2.75, 3.05) is 0 Å². The van der Waals surface area contributed by atoms with E-state index in [-0.39, 0.29) is 40.0 Å². The van der Waals surface area contributed by atoms with E-state index in [1.165, 1.54) is 10.4 Å². The van der Waals surface area contributed by atoms with E-state index < -0.39 is 8.32 Å². The maximum Gasteiger partial charge on any atom is 0.312 e. The molecule has 0 unspecified atom stereocenters. The Morgan fingerprint density at radius 3 is 2.00 bits per heavy atom. The molecule has 0 N–H and O–H groups in total. The van der Waals surface area contributed by atoms with E-state index in [2.05, 4.69) is 114 Å². The molecule has 3 nitrogen and oxygen atoms in total. The van der Waals surface area contributed by atoms with Crippen LogP contribution in [0.5, 0.6) is 0 Å². The van der Waals surface area contributed by atoms with Gasteiger partial charge in [0.2, 0.25) is 0 Å². The van der Waals surface area contributed by atoms with E-state index in [1.54, 1.807) is 0 Å². The lowest BCUT2D eigenvalue weighted by atomic mass is 9.50. The summed E-state index contributed by atoms with van der Waals surface area (Å²) in [6.45, 7) is 13.8. The number of rotatable bonds is 4. The molecule has 5 atom stereocenters. The van der Waals surface area contributed by atoms with Crippen LogP contribution in [0.15, 0.2) is 72.8 Å². The standard InChI is InChI=1S/C30H38O3Si/c1-28(2,3)34(21-13-9-7-10-14-21,22-15-11-8-12-16-22)33-23-17-18-24-29(4,5)20-19-25-30(24,6)26(23)27(31)32-25/h7-18,23-26H,19-20H2,1-6H3/t23-,24-,25-,26-,30+/m0/s1. The van der Waals surface area contributed by atoms with Gasteiger partial charge in [0, 0.05) is 5.41 Å². The Morgan fingerprint density at radius 1 is 0.912 bits per heavy atom. The summed E-state index contributed by atoms with van der Waals surface area (Å²) < 4.78 is 13.5. The Bertz CT molecular complexity index is 1050. The molecule has 2 aliphatic carbocycles. The fourth-order valence-corrected chi connectivity index (χ4v) is 12.0. The Morgan fingerprint density at radius 2 is 1.47 bits per heavy atom. The summed E-state index contributed by atoms with van der Waals surface area (Å²) >= 11 is 0. The highest BCUT2D eigenvalue weighted by molar-refractivity contribution is 6.99. The van der Waals surface area contributed by atoms with Crippen LogP contribution in [0.1, 0.15) is 54.4 Å². The van der Waals surface area contributed by atoms with Crippen LogP contribution < -0.4 is 10.4 Å². The van der Waals surface area contributed by atoms with Gasteiger partial charge in [0.1, 0.15) is 6.10 Å². The highest BCUT2D eigenvalue weighted by Gasteiger charge is 2.67. The lowest BCUT2D eigenvalue weighted by Crippen LogP contribution is -2.69. The van der Waals surface area contributed by atoms with Crippen LogP contribution in [-0.2, 0) is 14.0 Å². The minimum absolute atomic E-state index is 0.0294. The third-order valence-corrected chi connectivity index (χ3v) is 14.0. The molecule has 2 fully saturated rings. The summed E-state index contributed by atoms with van der Waals surface area (Å²) in [4.78, 5) is 13.5. The summed E-state index contributed by atoms with van der Waals surface area (Å²) in [5.41, 5.74) is -0.111. The average molecular weight is 475 g/mol. The molecule has 0 amide bonds. The van der Waals surface area contributed by atoms with Gasteiger partial charge in [-0.05, 0) is 39.6 Å². The highest BCUT2D eigenvalue weighted by atomic mass is 28.4. The number of carbonyl (C=O) groups is 1. The number of carbonyl (C=O) groups excluding carboxylic acids is 1. The Balaban J connectivity index is 1.68. The first-order valence-electron chi connectivity index (χ1n) is 12.7. The normalized spacial score (nSPS) is 32.2. The molecule has 3 aliphatic rings. The number of hydrogen-bond donors (Lipinski definition) is 0. The van der Waals surface area contributed by atoms with Gasteiger partial charge >= 0.3 is 5.97 Å². The molecular weight excluding hydrogens is 436 g/mol. The molecule has 2 aromatic rings. The van der Waals surface area contributed by atoms with Crippen molar-refractivity contribution in [3.05, 3.63) is 72.8 Å². The van der Waals surface area contributed by atoms with Gasteiger partial charge in [-0.15, -0.1) is 0 Å². The molecule has 4 heteroatoms. The monoisotopic (exact) mass is 474 g/mol. The van der Waals surface area contributed by atoms with Gasteiger partial charge < -0.3 is 9.16 Å². The van der Waals surface area contributed by atoms with Crippen molar-refractivity contribution in [2.45, 2.75) is 71.6 Å². The molecule has 0 bridgehead atoms. The number of benzene rings is 2. The lowest BCUT2D eigenvalue weighted by molar-refractivity contribution is -0.146. The minimum atomic E-state index is -2.79. The first-order valence-corrected chi connectivity index (χ1v) is 14.6. The predicted molar refractivity (Wildman–Crippen MR) is 140 cm³/mol. The molecule has 0 aromatic heterocycles. The molecule has 1 aliphatic heterocycles. The van der Waals surface area contributed by atoms with Crippen LogP contribution in [0.2, 0.25) is 5.04 Å². The second kappa shape index (κ2) is 7.92.